The van der Waals surface area contributed by atoms with Gasteiger partial charge in [0.25, 0.3) is 5.91 Å². The number of aromatic amines is 1. The first-order chi connectivity index (χ1) is 20.4. The minimum atomic E-state index is -0.714. The van der Waals surface area contributed by atoms with Crippen molar-refractivity contribution < 1.29 is 9.18 Å². The van der Waals surface area contributed by atoms with E-state index < -0.39 is 23.7 Å². The molecule has 0 radical (unpaired) electrons. The van der Waals surface area contributed by atoms with E-state index in [2.05, 4.69) is 37.5 Å². The van der Waals surface area contributed by atoms with E-state index in [-0.39, 0.29) is 10.6 Å². The Kier molecular flexibility index (Phi) is 7.03. The predicted molar refractivity (Wildman–Crippen MR) is 155 cm³/mol. The smallest absolute Gasteiger partial charge is 0.256 e. The SMILES string of the molecule is Cn1cc(-c2cc3c(-c4ccc(N5CC[C@H](NC(=O)c6c(F)cccc6Cl)[C@H](C#N)C5)nc4)c(C#N)cnc3[nH]2)cn1. The van der Waals surface area contributed by atoms with Crippen LogP contribution in [0.2, 0.25) is 5.02 Å². The normalized spacial score (nSPS) is 16.6. The summed E-state index contributed by atoms with van der Waals surface area (Å²) in [5.74, 6) is -1.25. The first kappa shape index (κ1) is 26.9. The summed E-state index contributed by atoms with van der Waals surface area (Å²) in [7, 11) is 1.84. The highest BCUT2D eigenvalue weighted by molar-refractivity contribution is 6.33. The highest BCUT2D eigenvalue weighted by atomic mass is 35.5. The maximum Gasteiger partial charge on any atom is 0.256 e. The molecule has 0 bridgehead atoms. The molecular formula is C30H23ClFN9O. The highest BCUT2D eigenvalue weighted by Crippen LogP contribution is 2.34. The molecule has 1 amide bonds. The van der Waals surface area contributed by atoms with Gasteiger partial charge in [0.1, 0.15) is 23.4 Å². The Hall–Kier alpha value is -5.26. The van der Waals surface area contributed by atoms with Crippen LogP contribution in [-0.4, -0.2) is 49.8 Å². The molecule has 42 heavy (non-hydrogen) atoms. The molecule has 0 saturated carbocycles. The summed E-state index contributed by atoms with van der Waals surface area (Å²) >= 11 is 6.05. The molecule has 0 aliphatic carbocycles. The summed E-state index contributed by atoms with van der Waals surface area (Å²) in [6.07, 6.45) is 7.36. The molecule has 4 aromatic heterocycles. The van der Waals surface area contributed by atoms with Crippen molar-refractivity contribution in [2.24, 2.45) is 13.0 Å². The number of hydrogen-bond donors (Lipinski definition) is 2. The Morgan fingerprint density at radius 1 is 1.17 bits per heavy atom. The second-order valence-electron chi connectivity index (χ2n) is 10.1. The fourth-order valence-corrected chi connectivity index (χ4v) is 5.58. The molecule has 6 rings (SSSR count). The summed E-state index contributed by atoms with van der Waals surface area (Å²) in [6.45, 7) is 0.851. The number of halogens is 2. The number of carbonyl (C=O) groups excluding carboxylic acids is 1. The van der Waals surface area contributed by atoms with Gasteiger partial charge in [0, 0.05) is 66.8 Å². The Bertz CT molecular complexity index is 1880. The van der Waals surface area contributed by atoms with Crippen LogP contribution in [0.1, 0.15) is 22.3 Å². The molecule has 2 N–H and O–H groups in total. The maximum absolute atomic E-state index is 14.2. The fraction of sp³-hybridized carbons (Fsp3) is 0.200. The van der Waals surface area contributed by atoms with Gasteiger partial charge in [-0.1, -0.05) is 17.7 Å². The minimum Gasteiger partial charge on any atom is -0.355 e. The molecule has 1 aliphatic heterocycles. The van der Waals surface area contributed by atoms with Crippen LogP contribution in [-0.2, 0) is 7.05 Å². The fourth-order valence-electron chi connectivity index (χ4n) is 5.33. The predicted octanol–water partition coefficient (Wildman–Crippen LogP) is 4.84. The summed E-state index contributed by atoms with van der Waals surface area (Å²) in [4.78, 5) is 27.1. The quantitative estimate of drug-likeness (QED) is 0.304. The number of piperidine rings is 1. The molecule has 2 atom stereocenters. The zero-order valence-corrected chi connectivity index (χ0v) is 23.1. The van der Waals surface area contributed by atoms with Crippen LogP contribution >= 0.6 is 11.6 Å². The molecule has 1 aliphatic rings. The highest BCUT2D eigenvalue weighted by Gasteiger charge is 2.32. The molecule has 0 spiro atoms. The Labute approximate surface area is 245 Å². The number of H-pyrrole nitrogens is 1. The molecule has 1 aromatic carbocycles. The lowest BCUT2D eigenvalue weighted by Crippen LogP contribution is -2.51. The maximum atomic E-state index is 14.2. The lowest BCUT2D eigenvalue weighted by atomic mass is 9.92. The lowest BCUT2D eigenvalue weighted by molar-refractivity contribution is 0.0919. The number of pyridine rings is 2. The van der Waals surface area contributed by atoms with Crippen LogP contribution < -0.4 is 10.2 Å². The van der Waals surface area contributed by atoms with Gasteiger partial charge >= 0.3 is 0 Å². The number of nitrogens with one attached hydrogen (secondary N) is 2. The molecule has 1 saturated heterocycles. The van der Waals surface area contributed by atoms with Gasteiger partial charge in [-0.25, -0.2) is 14.4 Å². The number of amides is 1. The monoisotopic (exact) mass is 579 g/mol. The van der Waals surface area contributed by atoms with Crippen molar-refractivity contribution in [2.75, 3.05) is 18.0 Å². The first-order valence-corrected chi connectivity index (χ1v) is 13.5. The van der Waals surface area contributed by atoms with Gasteiger partial charge in [-0.2, -0.15) is 15.6 Å². The standard InChI is InChI=1S/C30H23ClFN9O/c1-40-15-20(14-37-40)25-9-21-27(18(10-33)13-36-29(21)38-25)17-5-6-26(35-12-17)41-8-7-24(19(11-34)16-41)39-30(42)28-22(31)3-2-4-23(28)32/h2-6,9,12-15,19,24H,7-8,16H2,1H3,(H,36,38)(H,39,42)/t19-,24+/m1/s1. The third kappa shape index (κ3) is 4.91. The van der Waals surface area contributed by atoms with Crippen molar-refractivity contribution in [1.82, 2.24) is 30.0 Å². The van der Waals surface area contributed by atoms with Crippen LogP contribution in [0.3, 0.4) is 0 Å². The topological polar surface area (TPSA) is 139 Å². The molecule has 5 heterocycles. The third-order valence-corrected chi connectivity index (χ3v) is 7.76. The first-order valence-electron chi connectivity index (χ1n) is 13.1. The van der Waals surface area contributed by atoms with E-state index in [0.717, 1.165) is 27.8 Å². The molecule has 10 nitrogen and oxygen atoms in total. The number of carbonyl (C=O) groups is 1. The zero-order chi connectivity index (χ0) is 29.4. The largest absolute Gasteiger partial charge is 0.355 e. The van der Waals surface area contributed by atoms with E-state index >= 15 is 0 Å². The van der Waals surface area contributed by atoms with Crippen LogP contribution in [0.25, 0.3) is 33.4 Å². The number of rotatable bonds is 5. The van der Waals surface area contributed by atoms with Crippen molar-refractivity contribution in [3.8, 4) is 34.5 Å². The molecular weight excluding hydrogens is 557 g/mol. The summed E-state index contributed by atoms with van der Waals surface area (Å²) in [5, 5.41) is 27.5. The number of nitriles is 2. The van der Waals surface area contributed by atoms with Gasteiger partial charge in [0.2, 0.25) is 0 Å². The van der Waals surface area contributed by atoms with E-state index in [4.69, 9.17) is 11.6 Å². The van der Waals surface area contributed by atoms with Crippen molar-refractivity contribution in [1.29, 1.82) is 10.5 Å². The molecule has 1 fully saturated rings. The Morgan fingerprint density at radius 3 is 2.71 bits per heavy atom. The van der Waals surface area contributed by atoms with E-state index in [1.807, 2.05) is 36.3 Å². The number of aromatic nitrogens is 5. The number of nitrogens with zero attached hydrogens (tertiary/aromatic N) is 7. The number of anilines is 1. The average Bonchev–Trinajstić information content (AvgIpc) is 3.63. The molecule has 0 unspecified atom stereocenters. The van der Waals surface area contributed by atoms with E-state index in [9.17, 15) is 19.7 Å². The summed E-state index contributed by atoms with van der Waals surface area (Å²) < 4.78 is 15.9. The molecule has 12 heteroatoms. The third-order valence-electron chi connectivity index (χ3n) is 7.44. The second kappa shape index (κ2) is 11.0. The second-order valence-corrected chi connectivity index (χ2v) is 10.5. The van der Waals surface area contributed by atoms with Crippen LogP contribution in [0.5, 0.6) is 0 Å². The van der Waals surface area contributed by atoms with Gasteiger partial charge in [0.15, 0.2) is 0 Å². The Balaban J connectivity index is 1.22. The number of hydrogen-bond acceptors (Lipinski definition) is 7. The van der Waals surface area contributed by atoms with Crippen molar-refractivity contribution in [2.45, 2.75) is 12.5 Å². The van der Waals surface area contributed by atoms with E-state index in [0.29, 0.717) is 36.5 Å². The number of benzene rings is 1. The van der Waals surface area contributed by atoms with Gasteiger partial charge < -0.3 is 15.2 Å². The lowest BCUT2D eigenvalue weighted by Gasteiger charge is -2.36. The Morgan fingerprint density at radius 2 is 2.02 bits per heavy atom. The van der Waals surface area contributed by atoms with Crippen molar-refractivity contribution in [3.05, 3.63) is 83.2 Å². The van der Waals surface area contributed by atoms with Gasteiger partial charge in [0.05, 0.1) is 40.0 Å². The van der Waals surface area contributed by atoms with E-state index in [1.165, 1.54) is 18.2 Å². The average molecular weight is 580 g/mol. The summed E-state index contributed by atoms with van der Waals surface area (Å²) in [5.41, 5.74) is 4.04. The van der Waals surface area contributed by atoms with Gasteiger partial charge in [-0.3, -0.25) is 9.48 Å². The zero-order valence-electron chi connectivity index (χ0n) is 22.3. The van der Waals surface area contributed by atoms with Crippen molar-refractivity contribution in [3.63, 3.8) is 0 Å². The van der Waals surface area contributed by atoms with Crippen molar-refractivity contribution >= 4 is 34.4 Å². The van der Waals surface area contributed by atoms with E-state index in [1.54, 1.807) is 23.3 Å². The summed E-state index contributed by atoms with van der Waals surface area (Å²) in [6, 6.07) is 13.8. The number of aryl methyl sites for hydroxylation is 1. The number of fused-ring (bicyclic) bond motifs is 1. The van der Waals surface area contributed by atoms with Crippen LogP contribution in [0.15, 0.2) is 61.2 Å². The minimum absolute atomic E-state index is 0.0155. The van der Waals surface area contributed by atoms with Crippen LogP contribution in [0.4, 0.5) is 10.2 Å². The van der Waals surface area contributed by atoms with Gasteiger partial charge in [-0.05, 0) is 36.8 Å². The molecule has 5 aromatic rings. The molecule has 208 valence electrons. The van der Waals surface area contributed by atoms with Crippen LogP contribution in [0, 0.1) is 34.4 Å². The van der Waals surface area contributed by atoms with Gasteiger partial charge in [-0.15, -0.1) is 0 Å².